The molecule has 2 saturated carbocycles. The van der Waals surface area contributed by atoms with E-state index in [1.54, 1.807) is 0 Å². The Morgan fingerprint density at radius 2 is 1.51 bits per heavy atom. The van der Waals surface area contributed by atoms with Gasteiger partial charge in [0.15, 0.2) is 0 Å². The van der Waals surface area contributed by atoms with Gasteiger partial charge in [-0.15, -0.1) is 47.0 Å². The molecule has 1 saturated heterocycles. The van der Waals surface area contributed by atoms with Gasteiger partial charge in [-0.1, -0.05) is 83.4 Å². The normalized spacial score (nSPS) is 22.7. The summed E-state index contributed by atoms with van der Waals surface area (Å²) in [5.41, 5.74) is 4.99. The van der Waals surface area contributed by atoms with E-state index in [4.69, 9.17) is 16.6 Å². The van der Waals surface area contributed by atoms with Crippen LogP contribution >= 0.6 is 0 Å². The minimum absolute atomic E-state index is 0. The van der Waals surface area contributed by atoms with Crippen molar-refractivity contribution in [1.82, 2.24) is 9.55 Å². The maximum absolute atomic E-state index is 8.84. The van der Waals surface area contributed by atoms with Gasteiger partial charge in [0.25, 0.3) is 0 Å². The number of rotatable bonds is 5. The maximum Gasteiger partial charge on any atom is 0.135 e. The SMILES string of the molecule is [2H]c1c([2H])c([2H])c(N2[CH-]N(c3[c-]c(Oc4[c-]c5c(cc4)c4ccccc4n5-c4cc(C(C)(C)C)ccn4)cc(C(C)(C)C)c3)C3C4CCC(C4)C32)c([2H])c1[2H].[Pt]. The molecule has 3 heterocycles. The van der Waals surface area contributed by atoms with Crippen molar-refractivity contribution in [3.05, 3.63) is 127 Å². The molecule has 51 heavy (non-hydrogen) atoms. The summed E-state index contributed by atoms with van der Waals surface area (Å²) in [5, 5.41) is 2.17. The van der Waals surface area contributed by atoms with Crippen LogP contribution in [0.25, 0.3) is 27.6 Å². The number of anilines is 2. The van der Waals surface area contributed by atoms with Crippen molar-refractivity contribution < 1.29 is 32.7 Å². The van der Waals surface area contributed by atoms with E-state index in [9.17, 15) is 0 Å². The van der Waals surface area contributed by atoms with Crippen LogP contribution in [0.5, 0.6) is 11.5 Å². The second kappa shape index (κ2) is 12.6. The number of benzene rings is 4. The summed E-state index contributed by atoms with van der Waals surface area (Å²) >= 11 is 0. The fraction of sp³-hybridized carbons (Fsp3) is 0.333. The van der Waals surface area contributed by atoms with Gasteiger partial charge < -0.3 is 19.1 Å². The Balaban J connectivity index is 0.00000441. The van der Waals surface area contributed by atoms with E-state index >= 15 is 0 Å². The van der Waals surface area contributed by atoms with Crippen molar-refractivity contribution in [3.63, 3.8) is 0 Å². The zero-order chi connectivity index (χ0) is 38.7. The van der Waals surface area contributed by atoms with E-state index in [-0.39, 0.29) is 79.9 Å². The summed E-state index contributed by atoms with van der Waals surface area (Å²) in [6.07, 6.45) is 5.09. The number of ether oxygens (including phenoxy) is 1. The van der Waals surface area contributed by atoms with E-state index in [2.05, 4.69) is 106 Å². The number of hydrogen-bond acceptors (Lipinski definition) is 4. The van der Waals surface area contributed by atoms with Gasteiger partial charge in [0.2, 0.25) is 0 Å². The average molecular weight is 858 g/mol. The molecule has 4 atom stereocenters. The van der Waals surface area contributed by atoms with Gasteiger partial charge in [0.05, 0.1) is 6.85 Å². The smallest absolute Gasteiger partial charge is 0.135 e. The van der Waals surface area contributed by atoms with Crippen LogP contribution in [0.2, 0.25) is 0 Å². The molecular formula is C45H45N4OPt-3. The van der Waals surface area contributed by atoms with Crippen molar-refractivity contribution >= 4 is 33.2 Å². The monoisotopic (exact) mass is 857 g/mol. The molecule has 9 rings (SSSR count). The van der Waals surface area contributed by atoms with E-state index < -0.39 is 0 Å². The summed E-state index contributed by atoms with van der Waals surface area (Å²) in [6, 6.07) is 26.8. The van der Waals surface area contributed by atoms with Crippen molar-refractivity contribution in [2.45, 2.75) is 83.7 Å². The predicted molar refractivity (Wildman–Crippen MR) is 204 cm³/mol. The van der Waals surface area contributed by atoms with Gasteiger partial charge in [-0.25, -0.2) is 4.98 Å². The second-order valence-corrected chi connectivity index (χ2v) is 16.3. The third kappa shape index (κ3) is 5.86. The average Bonchev–Trinajstić information content (AvgIpc) is 3.93. The summed E-state index contributed by atoms with van der Waals surface area (Å²) in [7, 11) is 0. The first-order chi connectivity index (χ1) is 26.1. The molecule has 2 aromatic heterocycles. The van der Waals surface area contributed by atoms with Gasteiger partial charge in [0.1, 0.15) is 5.82 Å². The molecule has 0 radical (unpaired) electrons. The molecule has 6 heteroatoms. The first-order valence-corrected chi connectivity index (χ1v) is 17.8. The summed E-state index contributed by atoms with van der Waals surface area (Å²) < 4.78 is 51.6. The number of pyridine rings is 1. The molecule has 2 bridgehead atoms. The van der Waals surface area contributed by atoms with E-state index in [0.29, 0.717) is 23.3 Å². The molecule has 3 fully saturated rings. The van der Waals surface area contributed by atoms with Crippen molar-refractivity contribution in [2.24, 2.45) is 11.8 Å². The molecule has 0 spiro atoms. The number of nitrogens with zero attached hydrogens (tertiary/aromatic N) is 4. The zero-order valence-electron chi connectivity index (χ0n) is 34.9. The van der Waals surface area contributed by atoms with Crippen LogP contribution < -0.4 is 14.5 Å². The fourth-order valence-corrected chi connectivity index (χ4v) is 8.56. The van der Waals surface area contributed by atoms with Crippen molar-refractivity contribution in [2.75, 3.05) is 9.80 Å². The topological polar surface area (TPSA) is 33.5 Å². The van der Waals surface area contributed by atoms with E-state index in [0.717, 1.165) is 58.1 Å². The molecule has 6 aromatic rings. The van der Waals surface area contributed by atoms with Crippen LogP contribution in [-0.4, -0.2) is 21.6 Å². The Morgan fingerprint density at radius 3 is 2.25 bits per heavy atom. The molecule has 2 aliphatic carbocycles. The maximum atomic E-state index is 8.84. The quantitative estimate of drug-likeness (QED) is 0.162. The summed E-state index contributed by atoms with van der Waals surface area (Å²) in [5.74, 6) is 2.72. The molecule has 5 nitrogen and oxygen atoms in total. The van der Waals surface area contributed by atoms with Crippen LogP contribution in [0.3, 0.4) is 0 Å². The van der Waals surface area contributed by atoms with Crippen LogP contribution in [0.4, 0.5) is 11.4 Å². The molecule has 4 unspecified atom stereocenters. The third-order valence-corrected chi connectivity index (χ3v) is 11.1. The number of aromatic nitrogens is 2. The molecular weight excluding hydrogens is 808 g/mol. The minimum Gasteiger partial charge on any atom is -0.519 e. The Hall–Kier alpha value is -4.08. The van der Waals surface area contributed by atoms with Crippen molar-refractivity contribution in [3.8, 4) is 17.3 Å². The number of hydrogen-bond donors (Lipinski definition) is 0. The van der Waals surface area contributed by atoms with Gasteiger partial charge >= 0.3 is 0 Å². The van der Waals surface area contributed by atoms with Gasteiger partial charge in [-0.3, -0.25) is 0 Å². The van der Waals surface area contributed by atoms with E-state index in [1.807, 2.05) is 36.0 Å². The Kier molecular flexibility index (Phi) is 7.01. The zero-order valence-corrected chi connectivity index (χ0v) is 32.1. The van der Waals surface area contributed by atoms with Crippen LogP contribution in [0.1, 0.15) is 78.8 Å². The predicted octanol–water partition coefficient (Wildman–Crippen LogP) is 10.8. The fourth-order valence-electron chi connectivity index (χ4n) is 8.56. The van der Waals surface area contributed by atoms with Gasteiger partial charge in [0, 0.05) is 62.0 Å². The van der Waals surface area contributed by atoms with Gasteiger partial charge in [-0.05, 0) is 83.2 Å². The Morgan fingerprint density at radius 1 is 0.784 bits per heavy atom. The van der Waals surface area contributed by atoms with Gasteiger partial charge in [-0.2, -0.15) is 12.7 Å². The summed E-state index contributed by atoms with van der Waals surface area (Å²) in [4.78, 5) is 9.03. The molecule has 264 valence electrons. The number of para-hydroxylation sites is 2. The van der Waals surface area contributed by atoms with Crippen molar-refractivity contribution in [1.29, 1.82) is 0 Å². The largest absolute Gasteiger partial charge is 0.519 e. The molecule has 4 aromatic carbocycles. The minimum atomic E-state index is -0.377. The second-order valence-electron chi connectivity index (χ2n) is 16.3. The molecule has 3 aliphatic rings. The van der Waals surface area contributed by atoms with Crippen LogP contribution in [0, 0.1) is 30.6 Å². The van der Waals surface area contributed by atoms with Crippen LogP contribution in [-0.2, 0) is 31.9 Å². The first kappa shape index (κ1) is 28.5. The Bertz CT molecular complexity index is 2490. The molecule has 0 amide bonds. The van der Waals surface area contributed by atoms with Crippen LogP contribution in [0.15, 0.2) is 97.1 Å². The standard InChI is InChI=1S/C45H45N4O.Pt/c1-44(2,3)31-20-21-46-41(25-31)49-39-15-11-10-14-37(39)38-19-18-35(27-40(38)49)50-36-24-32(45(4,5)6)23-34(26-36)48-28-47(33-12-8-7-9-13-33)42-29-16-17-30(22-29)43(42)48;/h7-15,18-21,23-25,28-30,42-43H,16-17,22H2,1-6H3;/q-3;/i7D,8D,9D,12D,13D;. The number of fused-ring (bicyclic) bond motifs is 8. The third-order valence-electron chi connectivity index (χ3n) is 11.1. The molecule has 0 N–H and O–H groups in total. The first-order valence-electron chi connectivity index (χ1n) is 20.3. The Labute approximate surface area is 323 Å². The van der Waals surface area contributed by atoms with E-state index in [1.165, 1.54) is 5.56 Å². The summed E-state index contributed by atoms with van der Waals surface area (Å²) in [6.45, 7) is 15.1. The molecule has 1 aliphatic heterocycles.